The standard InChI is InChI=1S/C34H29F4O9P/c35-26-9-1-22(2-10-26)18-42-32-31(46-34(40)33(32)43-19-23-3-11-27(36)12-4-23)30(17-39)47-48(41,44-20-24-5-13-28(37)14-6-24)45-21-25-7-15-29(38)16-8-25/h1-16,30-31,39H,17-21H2/t30-,31+/m0/s1. The SMILES string of the molecule is O=C1O[C@H]([C@H](CO)OP(=O)(OCc2ccc(F)cc2)OCc2ccc(F)cc2)C(OCc2ccc(F)cc2)=C1OCc1ccc(F)cc1. The summed E-state index contributed by atoms with van der Waals surface area (Å²) in [7, 11) is -4.65. The molecule has 0 bridgehead atoms. The number of hydrogen-bond donors (Lipinski definition) is 1. The summed E-state index contributed by atoms with van der Waals surface area (Å²) in [5.74, 6) is -3.62. The zero-order chi connectivity index (χ0) is 34.1. The van der Waals surface area contributed by atoms with E-state index in [0.29, 0.717) is 22.3 Å². The predicted octanol–water partition coefficient (Wildman–Crippen LogP) is 7.03. The molecule has 0 amide bonds. The van der Waals surface area contributed by atoms with Gasteiger partial charge in [0.05, 0.1) is 19.8 Å². The van der Waals surface area contributed by atoms with Crippen LogP contribution < -0.4 is 0 Å². The van der Waals surface area contributed by atoms with Gasteiger partial charge >= 0.3 is 13.8 Å². The maximum atomic E-state index is 14.0. The number of phosphoric acid groups is 1. The smallest absolute Gasteiger partial charge is 0.475 e. The first-order chi connectivity index (χ1) is 23.1. The molecule has 9 nitrogen and oxygen atoms in total. The van der Waals surface area contributed by atoms with Gasteiger partial charge in [0, 0.05) is 0 Å². The summed E-state index contributed by atoms with van der Waals surface area (Å²) in [4.78, 5) is 13.1. The first-order valence-electron chi connectivity index (χ1n) is 14.5. The predicted molar refractivity (Wildman–Crippen MR) is 161 cm³/mol. The number of phosphoric ester groups is 1. The van der Waals surface area contributed by atoms with Gasteiger partial charge in [-0.15, -0.1) is 0 Å². The second-order valence-corrected chi connectivity index (χ2v) is 12.0. The van der Waals surface area contributed by atoms with Crippen molar-refractivity contribution in [3.8, 4) is 0 Å². The first-order valence-corrected chi connectivity index (χ1v) is 15.9. The van der Waals surface area contributed by atoms with Gasteiger partial charge in [0.1, 0.15) is 42.6 Å². The fourth-order valence-corrected chi connectivity index (χ4v) is 5.69. The van der Waals surface area contributed by atoms with Crippen molar-refractivity contribution in [3.63, 3.8) is 0 Å². The minimum Gasteiger partial charge on any atom is -0.485 e. The highest BCUT2D eigenvalue weighted by Crippen LogP contribution is 2.53. The highest BCUT2D eigenvalue weighted by atomic mass is 31.2. The highest BCUT2D eigenvalue weighted by molar-refractivity contribution is 7.48. The first kappa shape index (κ1) is 34.8. The molecule has 14 heteroatoms. The third-order valence-corrected chi connectivity index (χ3v) is 8.31. The minimum atomic E-state index is -4.65. The summed E-state index contributed by atoms with van der Waals surface area (Å²) in [5, 5.41) is 10.4. The van der Waals surface area contributed by atoms with Crippen molar-refractivity contribution in [2.75, 3.05) is 6.61 Å². The summed E-state index contributed by atoms with van der Waals surface area (Å²) >= 11 is 0. The Morgan fingerprint density at radius 1 is 0.625 bits per heavy atom. The topological polar surface area (TPSA) is 110 Å². The molecule has 0 fully saturated rings. The van der Waals surface area contributed by atoms with Crippen molar-refractivity contribution in [1.29, 1.82) is 0 Å². The Kier molecular flexibility index (Phi) is 11.6. The molecule has 5 rings (SSSR count). The van der Waals surface area contributed by atoms with Gasteiger partial charge in [-0.05, 0) is 70.8 Å². The average molecular weight is 689 g/mol. The van der Waals surface area contributed by atoms with Crippen LogP contribution in [0.1, 0.15) is 22.3 Å². The molecule has 1 aliphatic rings. The van der Waals surface area contributed by atoms with Gasteiger partial charge in [-0.1, -0.05) is 48.5 Å². The number of ether oxygens (including phenoxy) is 3. The number of rotatable bonds is 16. The van der Waals surface area contributed by atoms with Gasteiger partial charge in [0.25, 0.3) is 0 Å². The van der Waals surface area contributed by atoms with E-state index in [1.165, 1.54) is 97.1 Å². The molecule has 0 aromatic heterocycles. The Hall–Kier alpha value is -4.52. The molecule has 0 saturated carbocycles. The molecule has 4 aromatic rings. The van der Waals surface area contributed by atoms with Gasteiger partial charge in [0.15, 0.2) is 11.9 Å². The van der Waals surface area contributed by atoms with Crippen molar-refractivity contribution in [2.45, 2.75) is 38.6 Å². The van der Waals surface area contributed by atoms with Crippen molar-refractivity contribution in [3.05, 3.63) is 154 Å². The number of aliphatic hydroxyl groups excluding tert-OH is 1. The minimum absolute atomic E-state index is 0.203. The fourth-order valence-electron chi connectivity index (χ4n) is 4.37. The molecule has 2 atom stereocenters. The lowest BCUT2D eigenvalue weighted by Crippen LogP contribution is -2.35. The van der Waals surface area contributed by atoms with E-state index >= 15 is 0 Å². The number of esters is 1. The van der Waals surface area contributed by atoms with E-state index in [1.54, 1.807) is 0 Å². The molecular weight excluding hydrogens is 659 g/mol. The molecule has 0 aliphatic carbocycles. The van der Waals surface area contributed by atoms with Crippen LogP contribution in [0, 0.1) is 23.3 Å². The zero-order valence-electron chi connectivity index (χ0n) is 25.1. The van der Waals surface area contributed by atoms with E-state index in [4.69, 9.17) is 27.8 Å². The van der Waals surface area contributed by atoms with Crippen LogP contribution in [0.5, 0.6) is 0 Å². The lowest BCUT2D eigenvalue weighted by molar-refractivity contribution is -0.148. The molecule has 1 N–H and O–H groups in total. The van der Waals surface area contributed by atoms with Gasteiger partial charge in [0.2, 0.25) is 5.76 Å². The summed E-state index contributed by atoms with van der Waals surface area (Å²) in [5.41, 5.74) is 1.80. The number of carbonyl (C=O) groups excluding carboxylic acids is 1. The van der Waals surface area contributed by atoms with E-state index < -0.39 is 61.6 Å². The average Bonchev–Trinajstić information content (AvgIpc) is 3.40. The van der Waals surface area contributed by atoms with Crippen LogP contribution in [0.3, 0.4) is 0 Å². The number of halogens is 4. The molecule has 48 heavy (non-hydrogen) atoms. The number of hydrogen-bond acceptors (Lipinski definition) is 9. The molecule has 0 saturated heterocycles. The zero-order valence-corrected chi connectivity index (χ0v) is 26.0. The summed E-state index contributed by atoms with van der Waals surface area (Å²) in [6, 6.07) is 20.8. The van der Waals surface area contributed by atoms with Crippen molar-refractivity contribution < 1.29 is 59.8 Å². The quantitative estimate of drug-likeness (QED) is 0.0754. The van der Waals surface area contributed by atoms with Crippen LogP contribution in [0.25, 0.3) is 0 Å². The van der Waals surface area contributed by atoms with Crippen molar-refractivity contribution >= 4 is 13.8 Å². The van der Waals surface area contributed by atoms with Crippen LogP contribution >= 0.6 is 7.82 Å². The third-order valence-electron chi connectivity index (χ3n) is 6.89. The molecule has 0 spiro atoms. The summed E-state index contributed by atoms with van der Waals surface area (Å²) in [6.45, 7) is -2.05. The Morgan fingerprint density at radius 2 is 1.00 bits per heavy atom. The Bertz CT molecular complexity index is 1700. The van der Waals surface area contributed by atoms with Gasteiger partial charge < -0.3 is 19.3 Å². The monoisotopic (exact) mass is 688 g/mol. The van der Waals surface area contributed by atoms with E-state index in [0.717, 1.165) is 0 Å². The lowest BCUT2D eigenvalue weighted by Gasteiger charge is -2.27. The number of cyclic esters (lactones) is 1. The van der Waals surface area contributed by atoms with E-state index in [1.807, 2.05) is 0 Å². The van der Waals surface area contributed by atoms with Crippen LogP contribution in [-0.4, -0.2) is 29.9 Å². The van der Waals surface area contributed by atoms with Gasteiger partial charge in [-0.25, -0.2) is 26.9 Å². The summed E-state index contributed by atoms with van der Waals surface area (Å²) in [6.07, 6.45) is -3.15. The van der Waals surface area contributed by atoms with Crippen molar-refractivity contribution in [1.82, 2.24) is 0 Å². The fraction of sp³-hybridized carbons (Fsp3) is 0.206. The molecule has 1 aliphatic heterocycles. The number of carbonyl (C=O) groups is 1. The molecule has 4 aromatic carbocycles. The van der Waals surface area contributed by atoms with Gasteiger partial charge in [-0.2, -0.15) is 0 Å². The van der Waals surface area contributed by atoms with E-state index in [-0.39, 0.29) is 32.2 Å². The maximum Gasteiger partial charge on any atom is 0.475 e. The number of benzene rings is 4. The summed E-state index contributed by atoms with van der Waals surface area (Å²) < 4.78 is 102. The largest absolute Gasteiger partial charge is 0.485 e. The van der Waals surface area contributed by atoms with Crippen LogP contribution in [-0.2, 0) is 63.6 Å². The van der Waals surface area contributed by atoms with Crippen LogP contribution in [0.2, 0.25) is 0 Å². The highest BCUT2D eigenvalue weighted by Gasteiger charge is 2.46. The van der Waals surface area contributed by atoms with Gasteiger partial charge in [-0.3, -0.25) is 13.6 Å². The Labute approximate surface area is 272 Å². The van der Waals surface area contributed by atoms with Crippen LogP contribution in [0.4, 0.5) is 17.6 Å². The molecule has 0 unspecified atom stereocenters. The Morgan fingerprint density at radius 3 is 1.40 bits per heavy atom. The van der Waals surface area contributed by atoms with E-state index in [9.17, 15) is 32.0 Å². The third kappa shape index (κ3) is 9.52. The maximum absolute atomic E-state index is 14.0. The lowest BCUT2D eigenvalue weighted by atomic mass is 10.1. The Balaban J connectivity index is 1.40. The second-order valence-electron chi connectivity index (χ2n) is 10.4. The molecule has 0 radical (unpaired) electrons. The number of aliphatic hydroxyl groups is 1. The molecule has 1 heterocycles. The molecular formula is C34H29F4O9P. The van der Waals surface area contributed by atoms with E-state index in [2.05, 4.69) is 0 Å². The van der Waals surface area contributed by atoms with Crippen molar-refractivity contribution in [2.24, 2.45) is 0 Å². The molecule has 252 valence electrons. The van der Waals surface area contributed by atoms with Crippen LogP contribution in [0.15, 0.2) is 109 Å². The second kappa shape index (κ2) is 16.1. The normalized spacial score (nSPS) is 15.4.